The van der Waals surface area contributed by atoms with Crippen molar-refractivity contribution in [3.8, 4) is 0 Å². The highest BCUT2D eigenvalue weighted by molar-refractivity contribution is 8.00. The molecule has 0 saturated heterocycles. The molecule has 3 heteroatoms. The third-order valence-electron chi connectivity index (χ3n) is 3.06. The zero-order valence-electron chi connectivity index (χ0n) is 9.80. The van der Waals surface area contributed by atoms with Crippen LogP contribution in [0, 0.1) is 0 Å². The molecule has 1 heterocycles. The van der Waals surface area contributed by atoms with E-state index in [0.717, 1.165) is 10.8 Å². The van der Waals surface area contributed by atoms with E-state index in [0.29, 0.717) is 5.92 Å². The molecule has 0 radical (unpaired) electrons. The van der Waals surface area contributed by atoms with Crippen molar-refractivity contribution in [3.05, 3.63) is 59.1 Å². The Balaban J connectivity index is 1.67. The van der Waals surface area contributed by atoms with Crippen LogP contribution in [-0.4, -0.2) is 11.5 Å². The van der Waals surface area contributed by atoms with Crippen LogP contribution in [0.3, 0.4) is 0 Å². The topological polar surface area (TPSA) is 0 Å². The predicted octanol–water partition coefficient (Wildman–Crippen LogP) is 5.32. The lowest BCUT2D eigenvalue weighted by Crippen LogP contribution is -1.99. The Morgan fingerprint density at radius 2 is 1.89 bits per heavy atom. The first-order chi connectivity index (χ1) is 8.83. The van der Waals surface area contributed by atoms with Gasteiger partial charge in [-0.15, -0.1) is 23.5 Å². The molecule has 0 amide bonds. The standard InChI is InChI=1S/C15H13ClS2/c16-12-5-7-13(8-6-12)17-9-11-10-18-15-4-2-1-3-14(11)15/h1-8,11H,9-10H2. The number of benzene rings is 2. The lowest BCUT2D eigenvalue weighted by molar-refractivity contribution is 0.896. The first-order valence-electron chi connectivity index (χ1n) is 5.93. The lowest BCUT2D eigenvalue weighted by atomic mass is 10.0. The average Bonchev–Trinajstić information content (AvgIpc) is 2.82. The van der Waals surface area contributed by atoms with Crippen molar-refractivity contribution in [3.63, 3.8) is 0 Å². The molecule has 0 nitrogen and oxygen atoms in total. The molecule has 1 unspecified atom stereocenters. The van der Waals surface area contributed by atoms with Crippen molar-refractivity contribution >= 4 is 35.1 Å². The van der Waals surface area contributed by atoms with Gasteiger partial charge in [0.1, 0.15) is 0 Å². The van der Waals surface area contributed by atoms with E-state index in [9.17, 15) is 0 Å². The maximum atomic E-state index is 5.89. The fourth-order valence-corrected chi connectivity index (χ4v) is 4.64. The zero-order valence-corrected chi connectivity index (χ0v) is 12.2. The second-order valence-corrected chi connectivity index (χ2v) is 6.90. The molecule has 92 valence electrons. The number of thioether (sulfide) groups is 2. The zero-order chi connectivity index (χ0) is 12.4. The molecular weight excluding hydrogens is 280 g/mol. The maximum Gasteiger partial charge on any atom is 0.0406 e. The van der Waals surface area contributed by atoms with Crippen LogP contribution >= 0.6 is 35.1 Å². The third kappa shape index (κ3) is 2.71. The summed E-state index contributed by atoms with van der Waals surface area (Å²) in [6.45, 7) is 0. The van der Waals surface area contributed by atoms with Crippen molar-refractivity contribution < 1.29 is 0 Å². The predicted molar refractivity (Wildman–Crippen MR) is 82.1 cm³/mol. The minimum atomic E-state index is 0.673. The van der Waals surface area contributed by atoms with Gasteiger partial charge in [0, 0.05) is 32.2 Å². The molecule has 3 rings (SSSR count). The van der Waals surface area contributed by atoms with Crippen molar-refractivity contribution in [2.24, 2.45) is 0 Å². The highest BCUT2D eigenvalue weighted by atomic mass is 35.5. The molecule has 0 bridgehead atoms. The molecule has 0 N–H and O–H groups in total. The molecule has 2 aromatic carbocycles. The van der Waals surface area contributed by atoms with Gasteiger partial charge in [-0.3, -0.25) is 0 Å². The SMILES string of the molecule is Clc1ccc(SCC2CSc3ccccc32)cc1. The fourth-order valence-electron chi connectivity index (χ4n) is 2.09. The van der Waals surface area contributed by atoms with Gasteiger partial charge in [-0.2, -0.15) is 0 Å². The van der Waals surface area contributed by atoms with Gasteiger partial charge in [0.05, 0.1) is 0 Å². The summed E-state index contributed by atoms with van der Waals surface area (Å²) >= 11 is 9.79. The van der Waals surface area contributed by atoms with Crippen molar-refractivity contribution in [1.82, 2.24) is 0 Å². The summed E-state index contributed by atoms with van der Waals surface area (Å²) < 4.78 is 0. The minimum Gasteiger partial charge on any atom is -0.125 e. The summed E-state index contributed by atoms with van der Waals surface area (Å²) in [4.78, 5) is 2.76. The van der Waals surface area contributed by atoms with E-state index in [4.69, 9.17) is 11.6 Å². The molecule has 0 fully saturated rings. The second kappa shape index (κ2) is 5.60. The summed E-state index contributed by atoms with van der Waals surface area (Å²) in [5.74, 6) is 3.03. The smallest absolute Gasteiger partial charge is 0.0406 e. The summed E-state index contributed by atoms with van der Waals surface area (Å²) in [7, 11) is 0. The molecule has 1 aliphatic rings. The first-order valence-corrected chi connectivity index (χ1v) is 8.28. The van der Waals surface area contributed by atoms with Crippen molar-refractivity contribution in [2.45, 2.75) is 15.7 Å². The molecule has 0 aromatic heterocycles. The number of hydrogen-bond donors (Lipinski definition) is 0. The van der Waals surface area contributed by atoms with Crippen molar-refractivity contribution in [1.29, 1.82) is 0 Å². The van der Waals surface area contributed by atoms with E-state index in [1.807, 2.05) is 35.7 Å². The average molecular weight is 293 g/mol. The molecule has 0 saturated carbocycles. The van der Waals surface area contributed by atoms with Gasteiger partial charge in [-0.25, -0.2) is 0 Å². The summed E-state index contributed by atoms with van der Waals surface area (Å²) in [5, 5.41) is 0.807. The van der Waals surface area contributed by atoms with Gasteiger partial charge in [-0.1, -0.05) is 29.8 Å². The molecule has 1 atom stereocenters. The van der Waals surface area contributed by atoms with Crippen LogP contribution in [0.1, 0.15) is 11.5 Å². The Morgan fingerprint density at radius 1 is 1.11 bits per heavy atom. The Labute approximate surface area is 121 Å². The molecule has 1 aliphatic heterocycles. The van der Waals surface area contributed by atoms with E-state index in [1.165, 1.54) is 21.1 Å². The number of hydrogen-bond acceptors (Lipinski definition) is 2. The van der Waals surface area contributed by atoms with Crippen LogP contribution in [0.15, 0.2) is 58.3 Å². The largest absolute Gasteiger partial charge is 0.125 e. The third-order valence-corrected chi connectivity index (χ3v) is 5.74. The highest BCUT2D eigenvalue weighted by Crippen LogP contribution is 2.41. The van der Waals surface area contributed by atoms with E-state index >= 15 is 0 Å². The van der Waals surface area contributed by atoms with Gasteiger partial charge in [0.15, 0.2) is 0 Å². The quantitative estimate of drug-likeness (QED) is 0.702. The van der Waals surface area contributed by atoms with E-state index < -0.39 is 0 Å². The van der Waals surface area contributed by atoms with Crippen LogP contribution in [-0.2, 0) is 0 Å². The van der Waals surface area contributed by atoms with Crippen LogP contribution < -0.4 is 0 Å². The molecule has 2 aromatic rings. The van der Waals surface area contributed by atoms with Gasteiger partial charge >= 0.3 is 0 Å². The van der Waals surface area contributed by atoms with Crippen molar-refractivity contribution in [2.75, 3.05) is 11.5 Å². The summed E-state index contributed by atoms with van der Waals surface area (Å²) in [6.07, 6.45) is 0. The van der Waals surface area contributed by atoms with E-state index in [2.05, 4.69) is 36.4 Å². The van der Waals surface area contributed by atoms with Gasteiger partial charge < -0.3 is 0 Å². The summed E-state index contributed by atoms with van der Waals surface area (Å²) in [5.41, 5.74) is 1.52. The Morgan fingerprint density at radius 3 is 2.72 bits per heavy atom. The van der Waals surface area contributed by atoms with Gasteiger partial charge in [0.25, 0.3) is 0 Å². The molecular formula is C15H13ClS2. The van der Waals surface area contributed by atoms with E-state index in [-0.39, 0.29) is 0 Å². The normalized spacial score (nSPS) is 17.7. The van der Waals surface area contributed by atoms with Crippen LogP contribution in [0.25, 0.3) is 0 Å². The molecule has 0 spiro atoms. The van der Waals surface area contributed by atoms with E-state index in [1.54, 1.807) is 0 Å². The molecule has 18 heavy (non-hydrogen) atoms. The minimum absolute atomic E-state index is 0.673. The highest BCUT2D eigenvalue weighted by Gasteiger charge is 2.22. The lowest BCUT2D eigenvalue weighted by Gasteiger charge is -2.10. The fraction of sp³-hybridized carbons (Fsp3) is 0.200. The summed E-state index contributed by atoms with van der Waals surface area (Å²) in [6, 6.07) is 16.9. The van der Waals surface area contributed by atoms with Crippen LogP contribution in [0.5, 0.6) is 0 Å². The molecule has 0 aliphatic carbocycles. The maximum absolute atomic E-state index is 5.89. The number of rotatable bonds is 3. The second-order valence-electron chi connectivity index (χ2n) is 4.31. The van der Waals surface area contributed by atoms with Gasteiger partial charge in [-0.05, 0) is 35.9 Å². The van der Waals surface area contributed by atoms with Crippen LogP contribution in [0.2, 0.25) is 5.02 Å². The number of fused-ring (bicyclic) bond motifs is 1. The van der Waals surface area contributed by atoms with Gasteiger partial charge in [0.2, 0.25) is 0 Å². The Hall–Kier alpha value is -0.570. The Kier molecular flexibility index (Phi) is 3.88. The Bertz CT molecular complexity index is 536. The van der Waals surface area contributed by atoms with Crippen LogP contribution in [0.4, 0.5) is 0 Å². The monoisotopic (exact) mass is 292 g/mol. The number of halogens is 1. The first kappa shape index (κ1) is 12.5.